The predicted octanol–water partition coefficient (Wildman–Crippen LogP) is 7.59. The molecular weight excluding hydrogens is 473 g/mol. The topological polar surface area (TPSA) is 47.0 Å². The third-order valence-corrected chi connectivity index (χ3v) is 7.21. The molecule has 1 fully saturated rings. The maximum absolute atomic E-state index is 14.3. The van der Waals surface area contributed by atoms with Gasteiger partial charge in [-0.25, -0.2) is 4.39 Å². The number of hydrogen-bond donors (Lipinski definition) is 1. The number of aromatic nitrogens is 2. The van der Waals surface area contributed by atoms with Crippen LogP contribution in [-0.4, -0.2) is 29.2 Å². The average Bonchev–Trinajstić information content (AvgIpc) is 2.85. The van der Waals surface area contributed by atoms with Crippen LogP contribution < -0.4 is 10.1 Å². The number of pyridine rings is 2. The van der Waals surface area contributed by atoms with E-state index < -0.39 is 0 Å². The minimum absolute atomic E-state index is 0.356. The maximum Gasteiger partial charge on any atom is 0.145 e. The highest BCUT2D eigenvalue weighted by Gasteiger charge is 2.18. The number of ether oxygens (including phenoxy) is 1. The highest BCUT2D eigenvalue weighted by molar-refractivity contribution is 6.34. The fourth-order valence-corrected chi connectivity index (χ4v) is 5.30. The van der Waals surface area contributed by atoms with E-state index in [0.29, 0.717) is 34.5 Å². The molecule has 1 aliphatic heterocycles. The molecule has 2 aromatic heterocycles. The fourth-order valence-electron chi connectivity index (χ4n) is 5.03. The monoisotopic (exact) mass is 503 g/mol. The minimum Gasteiger partial charge on any atom is -0.492 e. The van der Waals surface area contributed by atoms with E-state index in [1.54, 1.807) is 13.1 Å². The van der Waals surface area contributed by atoms with Crippen molar-refractivity contribution < 1.29 is 9.13 Å². The summed E-state index contributed by atoms with van der Waals surface area (Å²) in [5.41, 5.74) is 6.78. The van der Waals surface area contributed by atoms with Crippen LogP contribution in [0.4, 0.5) is 4.39 Å². The number of piperidine rings is 1. The zero-order valence-electron chi connectivity index (χ0n) is 21.0. The van der Waals surface area contributed by atoms with E-state index >= 15 is 0 Å². The number of hydrogen-bond acceptors (Lipinski definition) is 4. The fraction of sp³-hybridized carbons (Fsp3) is 0.333. The smallest absolute Gasteiger partial charge is 0.145 e. The molecule has 6 heteroatoms. The second-order valence-corrected chi connectivity index (χ2v) is 10.2. The van der Waals surface area contributed by atoms with Crippen molar-refractivity contribution >= 4 is 22.5 Å². The lowest BCUT2D eigenvalue weighted by Crippen LogP contribution is -2.35. The first-order valence-electron chi connectivity index (χ1n) is 12.6. The van der Waals surface area contributed by atoms with Gasteiger partial charge in [0.15, 0.2) is 0 Å². The molecule has 0 bridgehead atoms. The Morgan fingerprint density at radius 2 is 1.75 bits per heavy atom. The highest BCUT2D eigenvalue weighted by Crippen LogP contribution is 2.41. The van der Waals surface area contributed by atoms with Crippen LogP contribution in [0.3, 0.4) is 0 Å². The molecule has 4 nitrogen and oxygen atoms in total. The van der Waals surface area contributed by atoms with Crippen molar-refractivity contribution in [3.63, 3.8) is 0 Å². The van der Waals surface area contributed by atoms with Gasteiger partial charge >= 0.3 is 0 Å². The van der Waals surface area contributed by atoms with Gasteiger partial charge in [-0.1, -0.05) is 47.3 Å². The lowest BCUT2D eigenvalue weighted by atomic mass is 9.97. The van der Waals surface area contributed by atoms with Crippen molar-refractivity contribution in [2.24, 2.45) is 0 Å². The van der Waals surface area contributed by atoms with Crippen LogP contribution in [0.15, 0.2) is 48.8 Å². The Morgan fingerprint density at radius 1 is 0.944 bits per heavy atom. The summed E-state index contributed by atoms with van der Waals surface area (Å²) in [4.78, 5) is 8.93. The standard InChI is InChI=1S/C30H31ClFN3O/c1-18-10-19(2)12-21(11-18)26-17-35-29-15-27(31)24(22-13-28(32)20(3)34-16-22)14-25(29)30(26)36-9-7-23-6-4-5-8-33-23/h10-17,23,33H,4-9H2,1-3H3/t23-/m1/s1. The number of halogens is 2. The van der Waals surface area contributed by atoms with Gasteiger partial charge in [-0.15, -0.1) is 0 Å². The molecule has 0 unspecified atom stereocenters. The predicted molar refractivity (Wildman–Crippen MR) is 145 cm³/mol. The number of nitrogens with one attached hydrogen (secondary N) is 1. The lowest BCUT2D eigenvalue weighted by molar-refractivity contribution is 0.271. The first-order valence-corrected chi connectivity index (χ1v) is 13.0. The zero-order valence-corrected chi connectivity index (χ0v) is 21.8. The van der Waals surface area contributed by atoms with Gasteiger partial charge in [0, 0.05) is 40.5 Å². The van der Waals surface area contributed by atoms with Gasteiger partial charge in [-0.3, -0.25) is 9.97 Å². The van der Waals surface area contributed by atoms with Gasteiger partial charge in [0.2, 0.25) is 0 Å². The second kappa shape index (κ2) is 10.5. The molecule has 4 aromatic rings. The van der Waals surface area contributed by atoms with Gasteiger partial charge in [0.1, 0.15) is 11.6 Å². The third kappa shape index (κ3) is 5.23. The third-order valence-electron chi connectivity index (χ3n) is 6.90. The van der Waals surface area contributed by atoms with Gasteiger partial charge in [-0.05, 0) is 70.3 Å². The van der Waals surface area contributed by atoms with Gasteiger partial charge in [0.25, 0.3) is 0 Å². The average molecular weight is 504 g/mol. The summed E-state index contributed by atoms with van der Waals surface area (Å²) in [6, 6.07) is 12.2. The molecule has 0 spiro atoms. The largest absolute Gasteiger partial charge is 0.492 e. The Morgan fingerprint density at radius 3 is 2.47 bits per heavy atom. The molecule has 2 aromatic carbocycles. The van der Waals surface area contributed by atoms with Crippen molar-refractivity contribution in [3.05, 3.63) is 76.5 Å². The van der Waals surface area contributed by atoms with E-state index in [-0.39, 0.29) is 5.82 Å². The Balaban J connectivity index is 1.62. The summed E-state index contributed by atoms with van der Waals surface area (Å²) in [7, 11) is 0. The SMILES string of the molecule is Cc1cc(C)cc(-c2cnc3cc(Cl)c(-c4cnc(C)c(F)c4)cc3c2OCC[C@H]2CCCCN2)c1. The number of nitrogens with zero attached hydrogens (tertiary/aromatic N) is 2. The molecule has 1 saturated heterocycles. The summed E-state index contributed by atoms with van der Waals surface area (Å²) in [5.74, 6) is 0.418. The molecule has 3 heterocycles. The van der Waals surface area contributed by atoms with E-state index in [1.165, 1.54) is 36.5 Å². The normalized spacial score (nSPS) is 15.9. The van der Waals surface area contributed by atoms with Crippen LogP contribution in [0.2, 0.25) is 5.02 Å². The summed E-state index contributed by atoms with van der Waals surface area (Å²) < 4.78 is 20.9. The van der Waals surface area contributed by atoms with Crippen molar-refractivity contribution in [2.75, 3.05) is 13.2 Å². The van der Waals surface area contributed by atoms with Crippen LogP contribution in [0.1, 0.15) is 42.5 Å². The quantitative estimate of drug-likeness (QED) is 0.294. The van der Waals surface area contributed by atoms with Crippen LogP contribution in [0, 0.1) is 26.6 Å². The van der Waals surface area contributed by atoms with Crippen molar-refractivity contribution in [1.82, 2.24) is 15.3 Å². The molecule has 5 rings (SSSR count). The molecule has 1 N–H and O–H groups in total. The Bertz CT molecular complexity index is 1400. The maximum atomic E-state index is 14.3. The molecule has 0 amide bonds. The van der Waals surface area contributed by atoms with Crippen molar-refractivity contribution in [2.45, 2.75) is 52.5 Å². The molecule has 186 valence electrons. The minimum atomic E-state index is -0.359. The summed E-state index contributed by atoms with van der Waals surface area (Å²) in [5, 5.41) is 4.95. The highest BCUT2D eigenvalue weighted by atomic mass is 35.5. The van der Waals surface area contributed by atoms with E-state index in [0.717, 1.165) is 40.7 Å². The zero-order chi connectivity index (χ0) is 25.2. The van der Waals surface area contributed by atoms with Crippen molar-refractivity contribution in [3.8, 4) is 28.0 Å². The molecule has 36 heavy (non-hydrogen) atoms. The molecule has 1 atom stereocenters. The Labute approximate surface area is 216 Å². The van der Waals surface area contributed by atoms with E-state index in [4.69, 9.17) is 21.3 Å². The molecule has 1 aliphatic rings. The Hall–Kier alpha value is -3.02. The van der Waals surface area contributed by atoms with E-state index in [1.807, 2.05) is 18.3 Å². The number of rotatable bonds is 6. The summed E-state index contributed by atoms with van der Waals surface area (Å²) >= 11 is 6.65. The molecular formula is C30H31ClFN3O. The van der Waals surface area contributed by atoms with Crippen LogP contribution >= 0.6 is 11.6 Å². The van der Waals surface area contributed by atoms with E-state index in [9.17, 15) is 4.39 Å². The number of aryl methyl sites for hydroxylation is 3. The summed E-state index contributed by atoms with van der Waals surface area (Å²) in [6.07, 6.45) is 8.13. The van der Waals surface area contributed by atoms with E-state index in [2.05, 4.69) is 42.3 Å². The summed E-state index contributed by atoms with van der Waals surface area (Å²) in [6.45, 7) is 7.50. The van der Waals surface area contributed by atoms with Crippen molar-refractivity contribution in [1.29, 1.82) is 0 Å². The molecule has 0 radical (unpaired) electrons. The van der Waals surface area contributed by atoms with Crippen LogP contribution in [-0.2, 0) is 0 Å². The van der Waals surface area contributed by atoms with Gasteiger partial charge in [0.05, 0.1) is 22.8 Å². The second-order valence-electron chi connectivity index (χ2n) is 9.80. The number of fused-ring (bicyclic) bond motifs is 1. The first kappa shape index (κ1) is 24.7. The van der Waals surface area contributed by atoms with Gasteiger partial charge in [-0.2, -0.15) is 0 Å². The Kier molecular flexibility index (Phi) is 7.22. The lowest BCUT2D eigenvalue weighted by Gasteiger charge is -2.24. The van der Waals surface area contributed by atoms with Gasteiger partial charge < -0.3 is 10.1 Å². The molecule has 0 aliphatic carbocycles. The molecule has 0 saturated carbocycles. The van der Waals surface area contributed by atoms with Crippen LogP contribution in [0.25, 0.3) is 33.2 Å². The first-order chi connectivity index (χ1) is 17.4. The van der Waals surface area contributed by atoms with Crippen LogP contribution in [0.5, 0.6) is 5.75 Å². The number of benzene rings is 2.